The van der Waals surface area contributed by atoms with Crippen molar-refractivity contribution in [3.05, 3.63) is 42.4 Å². The third-order valence-electron chi connectivity index (χ3n) is 2.52. The van der Waals surface area contributed by atoms with Gasteiger partial charge in [-0.05, 0) is 12.1 Å². The third-order valence-corrected chi connectivity index (χ3v) is 3.65. The average molecular weight is 263 g/mol. The van der Waals surface area contributed by atoms with Crippen molar-refractivity contribution in [1.82, 2.24) is 9.97 Å². The summed E-state index contributed by atoms with van der Waals surface area (Å²) in [6.07, 6.45) is 4.34. The number of benzene rings is 1. The van der Waals surface area contributed by atoms with Gasteiger partial charge in [0.2, 0.25) is 0 Å². The average Bonchev–Trinajstić information content (AvgIpc) is 2.38. The lowest BCUT2D eigenvalue weighted by Gasteiger charge is -2.06. The molecule has 1 aromatic heterocycles. The van der Waals surface area contributed by atoms with Crippen LogP contribution in [0.2, 0.25) is 0 Å². The van der Waals surface area contributed by atoms with Crippen molar-refractivity contribution in [2.24, 2.45) is 5.73 Å². The smallest absolute Gasteiger partial charge is 0.175 e. The Kier molecular flexibility index (Phi) is 3.40. The normalized spacial score (nSPS) is 11.4. The number of hydrogen-bond acceptors (Lipinski definition) is 5. The lowest BCUT2D eigenvalue weighted by Crippen LogP contribution is -2.03. The first-order chi connectivity index (χ1) is 8.52. The van der Waals surface area contributed by atoms with Crippen LogP contribution in [-0.2, 0) is 16.4 Å². The van der Waals surface area contributed by atoms with Crippen LogP contribution < -0.4 is 5.73 Å². The summed E-state index contributed by atoms with van der Waals surface area (Å²) < 4.78 is 22.7. The van der Waals surface area contributed by atoms with Crippen LogP contribution in [0.5, 0.6) is 0 Å². The van der Waals surface area contributed by atoms with Crippen molar-refractivity contribution < 1.29 is 8.42 Å². The van der Waals surface area contributed by atoms with Crippen LogP contribution in [0.4, 0.5) is 0 Å². The fraction of sp³-hybridized carbons (Fsp3) is 0.167. The van der Waals surface area contributed by atoms with E-state index in [4.69, 9.17) is 5.73 Å². The highest BCUT2D eigenvalue weighted by atomic mass is 32.2. The molecule has 0 radical (unpaired) electrons. The highest BCUT2D eigenvalue weighted by molar-refractivity contribution is 7.90. The molecule has 0 unspecified atom stereocenters. The predicted octanol–water partition coefficient (Wildman–Crippen LogP) is 1.01. The van der Waals surface area contributed by atoms with E-state index < -0.39 is 9.84 Å². The minimum Gasteiger partial charge on any atom is -0.325 e. The molecule has 0 aliphatic heterocycles. The monoisotopic (exact) mass is 263 g/mol. The zero-order valence-electron chi connectivity index (χ0n) is 9.87. The van der Waals surface area contributed by atoms with Crippen molar-refractivity contribution in [3.63, 3.8) is 0 Å². The SMILES string of the molecule is CS(=O)(=O)c1ccc(-c2nccnc2CN)cc1. The van der Waals surface area contributed by atoms with Gasteiger partial charge in [-0.15, -0.1) is 0 Å². The molecule has 0 bridgehead atoms. The second-order valence-electron chi connectivity index (χ2n) is 3.85. The molecule has 0 atom stereocenters. The summed E-state index contributed by atoms with van der Waals surface area (Å²) >= 11 is 0. The first-order valence-electron chi connectivity index (χ1n) is 5.33. The summed E-state index contributed by atoms with van der Waals surface area (Å²) in [4.78, 5) is 8.64. The van der Waals surface area contributed by atoms with Gasteiger partial charge in [-0.3, -0.25) is 9.97 Å². The minimum absolute atomic E-state index is 0.282. The molecule has 0 aliphatic rings. The van der Waals surface area contributed by atoms with E-state index in [2.05, 4.69) is 9.97 Å². The summed E-state index contributed by atoms with van der Waals surface area (Å²) in [5.41, 5.74) is 7.76. The Bertz CT molecular complexity index is 651. The van der Waals surface area contributed by atoms with Crippen LogP contribution in [0, 0.1) is 0 Å². The maximum absolute atomic E-state index is 11.4. The van der Waals surface area contributed by atoms with Crippen molar-refractivity contribution in [2.75, 3.05) is 6.26 Å². The molecule has 0 fully saturated rings. The van der Waals surface area contributed by atoms with Gasteiger partial charge < -0.3 is 5.73 Å². The Morgan fingerprint density at radius 1 is 1.11 bits per heavy atom. The fourth-order valence-corrected chi connectivity index (χ4v) is 2.25. The third kappa shape index (κ3) is 2.55. The van der Waals surface area contributed by atoms with E-state index in [0.717, 1.165) is 5.56 Å². The Morgan fingerprint density at radius 3 is 2.28 bits per heavy atom. The van der Waals surface area contributed by atoms with E-state index in [1.807, 2.05) is 0 Å². The molecule has 94 valence electrons. The van der Waals surface area contributed by atoms with E-state index >= 15 is 0 Å². The van der Waals surface area contributed by atoms with Crippen molar-refractivity contribution in [2.45, 2.75) is 11.4 Å². The van der Waals surface area contributed by atoms with Gasteiger partial charge in [0.05, 0.1) is 16.3 Å². The van der Waals surface area contributed by atoms with Crippen LogP contribution in [0.25, 0.3) is 11.3 Å². The number of sulfone groups is 1. The number of nitrogens with zero attached hydrogens (tertiary/aromatic N) is 2. The molecule has 0 saturated carbocycles. The van der Waals surface area contributed by atoms with Crippen LogP contribution >= 0.6 is 0 Å². The van der Waals surface area contributed by atoms with Gasteiger partial charge in [-0.2, -0.15) is 0 Å². The Labute approximate surface area is 106 Å². The molecular weight excluding hydrogens is 250 g/mol. The van der Waals surface area contributed by atoms with Gasteiger partial charge in [0.25, 0.3) is 0 Å². The molecule has 0 saturated heterocycles. The molecule has 6 heteroatoms. The molecular formula is C12H13N3O2S. The lowest BCUT2D eigenvalue weighted by atomic mass is 10.1. The topological polar surface area (TPSA) is 85.9 Å². The molecule has 0 spiro atoms. The summed E-state index contributed by atoms with van der Waals surface area (Å²) in [6.45, 7) is 0.289. The summed E-state index contributed by atoms with van der Waals surface area (Å²) in [7, 11) is -3.18. The van der Waals surface area contributed by atoms with Gasteiger partial charge in [-0.25, -0.2) is 8.42 Å². The summed E-state index contributed by atoms with van der Waals surface area (Å²) in [6, 6.07) is 6.53. The molecule has 2 rings (SSSR count). The number of nitrogens with two attached hydrogens (primary N) is 1. The summed E-state index contributed by atoms with van der Waals surface area (Å²) in [5.74, 6) is 0. The second kappa shape index (κ2) is 4.83. The highest BCUT2D eigenvalue weighted by Gasteiger charge is 2.09. The van der Waals surface area contributed by atoms with E-state index in [1.54, 1.807) is 36.7 Å². The van der Waals surface area contributed by atoms with E-state index in [9.17, 15) is 8.42 Å². The fourth-order valence-electron chi connectivity index (χ4n) is 1.62. The second-order valence-corrected chi connectivity index (χ2v) is 5.87. The van der Waals surface area contributed by atoms with Crippen molar-refractivity contribution in [1.29, 1.82) is 0 Å². The van der Waals surface area contributed by atoms with Gasteiger partial charge in [0, 0.05) is 30.8 Å². The quantitative estimate of drug-likeness (QED) is 0.893. The largest absolute Gasteiger partial charge is 0.325 e. The number of rotatable bonds is 3. The predicted molar refractivity (Wildman–Crippen MR) is 68.5 cm³/mol. The molecule has 2 aromatic rings. The van der Waals surface area contributed by atoms with Gasteiger partial charge >= 0.3 is 0 Å². The van der Waals surface area contributed by atoms with Gasteiger partial charge in [0.1, 0.15) is 0 Å². The first kappa shape index (κ1) is 12.7. The number of aromatic nitrogens is 2. The van der Waals surface area contributed by atoms with Gasteiger partial charge in [-0.1, -0.05) is 12.1 Å². The first-order valence-corrected chi connectivity index (χ1v) is 7.22. The summed E-state index contributed by atoms with van der Waals surface area (Å²) in [5, 5.41) is 0. The highest BCUT2D eigenvalue weighted by Crippen LogP contribution is 2.21. The Balaban J connectivity index is 2.47. The zero-order chi connectivity index (χ0) is 13.2. The number of hydrogen-bond donors (Lipinski definition) is 1. The van der Waals surface area contributed by atoms with Crippen molar-refractivity contribution in [3.8, 4) is 11.3 Å². The van der Waals surface area contributed by atoms with E-state index in [0.29, 0.717) is 11.4 Å². The van der Waals surface area contributed by atoms with Crippen LogP contribution in [-0.4, -0.2) is 24.6 Å². The van der Waals surface area contributed by atoms with Crippen LogP contribution in [0.3, 0.4) is 0 Å². The molecule has 0 amide bonds. The maximum Gasteiger partial charge on any atom is 0.175 e. The Morgan fingerprint density at radius 2 is 1.72 bits per heavy atom. The molecule has 1 aromatic carbocycles. The lowest BCUT2D eigenvalue weighted by molar-refractivity contribution is 0.602. The van der Waals surface area contributed by atoms with E-state index in [1.165, 1.54) is 6.26 Å². The molecule has 0 aliphatic carbocycles. The minimum atomic E-state index is -3.18. The standard InChI is InChI=1S/C12H13N3O2S/c1-18(16,17)10-4-2-9(3-5-10)12-11(8-13)14-6-7-15-12/h2-7H,8,13H2,1H3. The zero-order valence-corrected chi connectivity index (χ0v) is 10.7. The molecule has 1 heterocycles. The van der Waals surface area contributed by atoms with Crippen LogP contribution in [0.15, 0.2) is 41.6 Å². The van der Waals surface area contributed by atoms with E-state index in [-0.39, 0.29) is 11.4 Å². The van der Waals surface area contributed by atoms with Crippen molar-refractivity contribution >= 4 is 9.84 Å². The molecule has 18 heavy (non-hydrogen) atoms. The maximum atomic E-state index is 11.4. The van der Waals surface area contributed by atoms with Gasteiger partial charge in [0.15, 0.2) is 9.84 Å². The van der Waals surface area contributed by atoms with Crippen LogP contribution in [0.1, 0.15) is 5.69 Å². The molecule has 2 N–H and O–H groups in total. The Hall–Kier alpha value is -1.79. The molecule has 5 nitrogen and oxygen atoms in total.